The van der Waals surface area contributed by atoms with Gasteiger partial charge in [-0.15, -0.1) is 0 Å². The fourth-order valence-corrected chi connectivity index (χ4v) is 4.09. The lowest BCUT2D eigenvalue weighted by atomic mass is 9.93. The number of rotatable bonds is 4. The summed E-state index contributed by atoms with van der Waals surface area (Å²) in [6.07, 6.45) is 6.31. The second-order valence-corrected chi connectivity index (χ2v) is 7.31. The Morgan fingerprint density at radius 1 is 1.22 bits per heavy atom. The monoisotopic (exact) mass is 318 g/mol. The molecule has 0 aromatic carbocycles. The minimum absolute atomic E-state index is 0.323. The molecule has 1 aromatic heterocycles. The predicted molar refractivity (Wildman–Crippen MR) is 91.3 cm³/mol. The highest BCUT2D eigenvalue weighted by atomic mass is 16.2. The first-order valence-corrected chi connectivity index (χ1v) is 9.09. The molecule has 3 rings (SSSR count). The molecule has 0 spiro atoms. The van der Waals surface area contributed by atoms with Crippen molar-refractivity contribution >= 4 is 5.91 Å². The number of hydrogen-bond acceptors (Lipinski definition) is 3. The standard InChI is InChI=1S/C18H30N4O/c1-14-11-15(2)22(19-14)12-16(3)20-9-10-21(18(23)13-20)17-7-5-4-6-8-17/h11,16-17H,4-10,12-13H2,1-3H3. The molecule has 1 saturated heterocycles. The SMILES string of the molecule is Cc1cc(C)n(CC(C)N2CCN(C3CCCCC3)C(=O)C2)n1. The van der Waals surface area contributed by atoms with E-state index in [0.29, 0.717) is 24.5 Å². The number of amides is 1. The Morgan fingerprint density at radius 2 is 1.96 bits per heavy atom. The van der Waals surface area contributed by atoms with E-state index in [1.807, 2.05) is 6.92 Å². The van der Waals surface area contributed by atoms with Gasteiger partial charge >= 0.3 is 0 Å². The molecule has 2 fully saturated rings. The van der Waals surface area contributed by atoms with Gasteiger partial charge in [-0.05, 0) is 39.7 Å². The van der Waals surface area contributed by atoms with Crippen molar-refractivity contribution in [3.63, 3.8) is 0 Å². The average Bonchev–Trinajstić information content (AvgIpc) is 2.85. The van der Waals surface area contributed by atoms with Crippen molar-refractivity contribution in [3.8, 4) is 0 Å². The van der Waals surface area contributed by atoms with Crippen molar-refractivity contribution in [1.29, 1.82) is 0 Å². The van der Waals surface area contributed by atoms with Crippen molar-refractivity contribution in [2.75, 3.05) is 19.6 Å². The molecule has 2 aliphatic rings. The number of hydrogen-bond donors (Lipinski definition) is 0. The molecule has 1 aliphatic heterocycles. The Kier molecular flexibility index (Phi) is 5.05. The van der Waals surface area contributed by atoms with Crippen LogP contribution in [0.1, 0.15) is 50.4 Å². The summed E-state index contributed by atoms with van der Waals surface area (Å²) in [6, 6.07) is 2.95. The van der Waals surface area contributed by atoms with Crippen LogP contribution in [0, 0.1) is 13.8 Å². The van der Waals surface area contributed by atoms with Gasteiger partial charge in [-0.3, -0.25) is 14.4 Å². The van der Waals surface area contributed by atoms with Crippen LogP contribution in [0.3, 0.4) is 0 Å². The Morgan fingerprint density at radius 3 is 2.57 bits per heavy atom. The van der Waals surface area contributed by atoms with E-state index in [0.717, 1.165) is 25.3 Å². The van der Waals surface area contributed by atoms with Gasteiger partial charge in [0.05, 0.1) is 18.8 Å². The number of aromatic nitrogens is 2. The highest BCUT2D eigenvalue weighted by Crippen LogP contribution is 2.24. The van der Waals surface area contributed by atoms with Gasteiger partial charge in [0.25, 0.3) is 0 Å². The van der Waals surface area contributed by atoms with Gasteiger partial charge in [-0.2, -0.15) is 5.10 Å². The molecule has 1 unspecified atom stereocenters. The van der Waals surface area contributed by atoms with Crippen molar-refractivity contribution in [1.82, 2.24) is 19.6 Å². The van der Waals surface area contributed by atoms with Crippen molar-refractivity contribution in [3.05, 3.63) is 17.5 Å². The lowest BCUT2D eigenvalue weighted by Crippen LogP contribution is -2.56. The highest BCUT2D eigenvalue weighted by Gasteiger charge is 2.32. The lowest BCUT2D eigenvalue weighted by molar-refractivity contribution is -0.140. The fourth-order valence-electron chi connectivity index (χ4n) is 4.09. The molecule has 128 valence electrons. The highest BCUT2D eigenvalue weighted by molar-refractivity contribution is 5.79. The van der Waals surface area contributed by atoms with Crippen LogP contribution < -0.4 is 0 Å². The molecule has 1 aromatic rings. The molecular weight excluding hydrogens is 288 g/mol. The first-order chi connectivity index (χ1) is 11.0. The zero-order chi connectivity index (χ0) is 16.4. The van der Waals surface area contributed by atoms with Crippen LogP contribution in [0.15, 0.2) is 6.07 Å². The number of carbonyl (C=O) groups is 1. The minimum atomic E-state index is 0.323. The summed E-state index contributed by atoms with van der Waals surface area (Å²) in [7, 11) is 0. The molecule has 1 amide bonds. The molecule has 0 N–H and O–H groups in total. The van der Waals surface area contributed by atoms with Gasteiger partial charge in [0.2, 0.25) is 5.91 Å². The maximum Gasteiger partial charge on any atom is 0.237 e. The van der Waals surface area contributed by atoms with Gasteiger partial charge in [-0.25, -0.2) is 0 Å². The topological polar surface area (TPSA) is 41.4 Å². The maximum atomic E-state index is 12.6. The van der Waals surface area contributed by atoms with E-state index in [-0.39, 0.29) is 0 Å². The predicted octanol–water partition coefficient (Wildman–Crippen LogP) is 2.37. The van der Waals surface area contributed by atoms with Gasteiger partial charge in [0, 0.05) is 30.9 Å². The number of nitrogens with zero attached hydrogens (tertiary/aromatic N) is 4. The normalized spacial score (nSPS) is 22.6. The first kappa shape index (κ1) is 16.5. The van der Waals surface area contributed by atoms with E-state index in [1.165, 1.54) is 37.8 Å². The van der Waals surface area contributed by atoms with Crippen LogP contribution >= 0.6 is 0 Å². The molecule has 0 radical (unpaired) electrons. The number of carbonyl (C=O) groups excluding carboxylic acids is 1. The largest absolute Gasteiger partial charge is 0.337 e. The average molecular weight is 318 g/mol. The summed E-state index contributed by atoms with van der Waals surface area (Å²) in [5.74, 6) is 0.323. The second kappa shape index (κ2) is 7.04. The van der Waals surface area contributed by atoms with E-state index in [2.05, 4.69) is 39.5 Å². The van der Waals surface area contributed by atoms with Gasteiger partial charge in [-0.1, -0.05) is 19.3 Å². The first-order valence-electron chi connectivity index (χ1n) is 9.09. The third-order valence-corrected chi connectivity index (χ3v) is 5.47. The summed E-state index contributed by atoms with van der Waals surface area (Å²) in [5.41, 5.74) is 2.26. The van der Waals surface area contributed by atoms with Crippen molar-refractivity contribution in [2.45, 2.75) is 71.5 Å². The molecule has 1 saturated carbocycles. The summed E-state index contributed by atoms with van der Waals surface area (Å²) < 4.78 is 2.07. The lowest BCUT2D eigenvalue weighted by Gasteiger charge is -2.42. The Bertz CT molecular complexity index is 547. The smallest absolute Gasteiger partial charge is 0.237 e. The van der Waals surface area contributed by atoms with Crippen molar-refractivity contribution < 1.29 is 4.79 Å². The van der Waals surface area contributed by atoms with Crippen LogP contribution in [0.4, 0.5) is 0 Å². The summed E-state index contributed by atoms with van der Waals surface area (Å²) in [5, 5.41) is 4.55. The van der Waals surface area contributed by atoms with E-state index in [1.54, 1.807) is 0 Å². The minimum Gasteiger partial charge on any atom is -0.337 e. The van der Waals surface area contributed by atoms with Crippen LogP contribution in [0.5, 0.6) is 0 Å². The summed E-state index contributed by atoms with van der Waals surface area (Å²) >= 11 is 0. The Hall–Kier alpha value is -1.36. The molecule has 5 nitrogen and oxygen atoms in total. The third kappa shape index (κ3) is 3.77. The van der Waals surface area contributed by atoms with E-state index in [9.17, 15) is 4.79 Å². The fraction of sp³-hybridized carbons (Fsp3) is 0.778. The molecule has 23 heavy (non-hydrogen) atoms. The number of piperazine rings is 1. The summed E-state index contributed by atoms with van der Waals surface area (Å²) in [4.78, 5) is 17.1. The molecule has 0 bridgehead atoms. The molecule has 1 aliphatic carbocycles. The molecule has 5 heteroatoms. The van der Waals surface area contributed by atoms with Crippen molar-refractivity contribution in [2.24, 2.45) is 0 Å². The zero-order valence-electron chi connectivity index (χ0n) is 14.8. The van der Waals surface area contributed by atoms with Gasteiger partial charge in [0.1, 0.15) is 0 Å². The zero-order valence-corrected chi connectivity index (χ0v) is 14.8. The molecule has 2 heterocycles. The maximum absolute atomic E-state index is 12.6. The van der Waals surface area contributed by atoms with E-state index >= 15 is 0 Å². The van der Waals surface area contributed by atoms with Gasteiger partial charge in [0.15, 0.2) is 0 Å². The Labute approximate surface area is 139 Å². The van der Waals surface area contributed by atoms with Gasteiger partial charge < -0.3 is 4.90 Å². The number of aryl methyl sites for hydroxylation is 2. The van der Waals surface area contributed by atoms with E-state index < -0.39 is 0 Å². The quantitative estimate of drug-likeness (QED) is 0.856. The van der Waals surface area contributed by atoms with E-state index in [4.69, 9.17) is 0 Å². The van der Waals surface area contributed by atoms with Crippen LogP contribution in [-0.4, -0.2) is 57.2 Å². The summed E-state index contributed by atoms with van der Waals surface area (Å²) in [6.45, 7) is 9.64. The molecule has 1 atom stereocenters. The second-order valence-electron chi connectivity index (χ2n) is 7.31. The third-order valence-electron chi connectivity index (χ3n) is 5.47. The van der Waals surface area contributed by atoms with Crippen LogP contribution in [0.2, 0.25) is 0 Å². The molecular formula is C18H30N4O. The Balaban J connectivity index is 1.56. The van der Waals surface area contributed by atoms with Crippen LogP contribution in [0.25, 0.3) is 0 Å². The van der Waals surface area contributed by atoms with Crippen LogP contribution in [-0.2, 0) is 11.3 Å².